The Kier molecular flexibility index (Phi) is 5.57. The van der Waals surface area contributed by atoms with Crippen molar-refractivity contribution in [1.29, 1.82) is 0 Å². The second-order valence-corrected chi connectivity index (χ2v) is 4.72. The molecule has 0 atom stereocenters. The highest BCUT2D eigenvalue weighted by atomic mass is 16.5. The molecule has 0 spiro atoms. The maximum atomic E-state index is 11.9. The Morgan fingerprint density at radius 3 is 2.26 bits per heavy atom. The number of benzene rings is 2. The van der Waals surface area contributed by atoms with Gasteiger partial charge in [-0.15, -0.1) is 0 Å². The molecule has 120 valence electrons. The molecule has 0 radical (unpaired) electrons. The number of nitrogens with one attached hydrogen (secondary N) is 2. The molecule has 2 aromatic carbocycles. The third-order valence-electron chi connectivity index (χ3n) is 3.21. The van der Waals surface area contributed by atoms with Crippen LogP contribution in [-0.4, -0.2) is 26.0 Å². The van der Waals surface area contributed by atoms with Crippen LogP contribution in [0.1, 0.15) is 15.9 Å². The van der Waals surface area contributed by atoms with Gasteiger partial charge in [0, 0.05) is 11.1 Å². The number of amides is 2. The van der Waals surface area contributed by atoms with Crippen LogP contribution >= 0.6 is 0 Å². The van der Waals surface area contributed by atoms with Crippen molar-refractivity contribution in [3.05, 3.63) is 59.7 Å². The lowest BCUT2D eigenvalue weighted by atomic mass is 10.1. The second-order valence-electron chi connectivity index (χ2n) is 4.72. The van der Waals surface area contributed by atoms with Crippen molar-refractivity contribution in [2.45, 2.75) is 6.42 Å². The second kappa shape index (κ2) is 7.84. The fraction of sp³-hybridized carbons (Fsp3) is 0.176. The van der Waals surface area contributed by atoms with Crippen molar-refractivity contribution < 1.29 is 19.1 Å². The largest absolute Gasteiger partial charge is 0.497 e. The van der Waals surface area contributed by atoms with Crippen LogP contribution in [0.4, 0.5) is 0 Å². The minimum absolute atomic E-state index is 0.104. The molecule has 2 amide bonds. The molecule has 6 heteroatoms. The highest BCUT2D eigenvalue weighted by Gasteiger charge is 2.10. The number of hydrazine groups is 1. The van der Waals surface area contributed by atoms with Gasteiger partial charge in [-0.2, -0.15) is 0 Å². The van der Waals surface area contributed by atoms with E-state index in [2.05, 4.69) is 10.9 Å². The average Bonchev–Trinajstić information content (AvgIpc) is 2.60. The van der Waals surface area contributed by atoms with E-state index in [0.717, 1.165) is 5.56 Å². The number of ether oxygens (including phenoxy) is 2. The van der Waals surface area contributed by atoms with Crippen LogP contribution in [0.2, 0.25) is 0 Å². The van der Waals surface area contributed by atoms with Gasteiger partial charge < -0.3 is 9.47 Å². The van der Waals surface area contributed by atoms with Crippen LogP contribution < -0.4 is 20.3 Å². The monoisotopic (exact) mass is 314 g/mol. The van der Waals surface area contributed by atoms with Gasteiger partial charge in [0.15, 0.2) is 0 Å². The minimum atomic E-state index is -0.402. The Bertz CT molecular complexity index is 683. The quantitative estimate of drug-likeness (QED) is 0.824. The maximum Gasteiger partial charge on any atom is 0.269 e. The summed E-state index contributed by atoms with van der Waals surface area (Å²) in [6.07, 6.45) is 0.104. The van der Waals surface area contributed by atoms with Gasteiger partial charge >= 0.3 is 0 Å². The molecule has 0 fully saturated rings. The summed E-state index contributed by atoms with van der Waals surface area (Å²) in [7, 11) is 3.09. The molecule has 0 saturated heterocycles. The van der Waals surface area contributed by atoms with Crippen molar-refractivity contribution in [3.8, 4) is 11.5 Å². The number of methoxy groups -OCH3 is 2. The van der Waals surface area contributed by atoms with Crippen molar-refractivity contribution in [1.82, 2.24) is 10.9 Å². The summed E-state index contributed by atoms with van der Waals surface area (Å²) in [5.41, 5.74) is 5.92. The molecule has 23 heavy (non-hydrogen) atoms. The zero-order valence-electron chi connectivity index (χ0n) is 13.0. The van der Waals surface area contributed by atoms with Crippen molar-refractivity contribution in [2.75, 3.05) is 14.2 Å². The molecular weight excluding hydrogens is 296 g/mol. The molecular formula is C17H18N2O4. The molecule has 2 N–H and O–H groups in total. The number of rotatable bonds is 5. The molecule has 0 bridgehead atoms. The Hall–Kier alpha value is -3.02. The van der Waals surface area contributed by atoms with Crippen LogP contribution in [0.25, 0.3) is 0 Å². The van der Waals surface area contributed by atoms with E-state index in [-0.39, 0.29) is 12.3 Å². The van der Waals surface area contributed by atoms with Gasteiger partial charge in [0.2, 0.25) is 5.91 Å². The zero-order chi connectivity index (χ0) is 16.7. The van der Waals surface area contributed by atoms with E-state index in [1.165, 1.54) is 0 Å². The fourth-order valence-corrected chi connectivity index (χ4v) is 2.01. The zero-order valence-corrected chi connectivity index (χ0v) is 13.0. The fourth-order valence-electron chi connectivity index (χ4n) is 2.01. The van der Waals surface area contributed by atoms with Crippen LogP contribution in [0.5, 0.6) is 11.5 Å². The molecule has 0 aliphatic heterocycles. The molecule has 0 aromatic heterocycles. The first-order chi connectivity index (χ1) is 11.1. The molecule has 0 unspecified atom stereocenters. The van der Waals surface area contributed by atoms with Crippen molar-refractivity contribution >= 4 is 11.8 Å². The summed E-state index contributed by atoms with van der Waals surface area (Å²) < 4.78 is 10.2. The lowest BCUT2D eigenvalue weighted by Gasteiger charge is -2.10. The molecule has 2 aromatic rings. The lowest BCUT2D eigenvalue weighted by molar-refractivity contribution is -0.121. The first kappa shape index (κ1) is 16.4. The van der Waals surface area contributed by atoms with Crippen LogP contribution in [0, 0.1) is 0 Å². The van der Waals surface area contributed by atoms with E-state index < -0.39 is 5.91 Å². The number of hydrogen-bond acceptors (Lipinski definition) is 4. The predicted octanol–water partition coefficient (Wildman–Crippen LogP) is 1.71. The molecule has 0 heterocycles. The highest BCUT2D eigenvalue weighted by molar-refractivity contribution is 5.95. The molecule has 2 rings (SSSR count). The third kappa shape index (κ3) is 4.47. The van der Waals surface area contributed by atoms with Gasteiger partial charge in [-0.3, -0.25) is 20.4 Å². The Balaban J connectivity index is 1.89. The Morgan fingerprint density at radius 2 is 1.61 bits per heavy atom. The first-order valence-electron chi connectivity index (χ1n) is 6.99. The Labute approximate surface area is 134 Å². The van der Waals surface area contributed by atoms with Gasteiger partial charge in [0.25, 0.3) is 5.91 Å². The maximum absolute atomic E-state index is 11.9. The predicted molar refractivity (Wildman–Crippen MR) is 85.3 cm³/mol. The van der Waals surface area contributed by atoms with E-state index in [1.54, 1.807) is 50.6 Å². The smallest absolute Gasteiger partial charge is 0.269 e. The van der Waals surface area contributed by atoms with Crippen LogP contribution in [0.3, 0.4) is 0 Å². The summed E-state index contributed by atoms with van der Waals surface area (Å²) in [5, 5.41) is 0. The summed E-state index contributed by atoms with van der Waals surface area (Å²) in [5.74, 6) is 0.545. The van der Waals surface area contributed by atoms with E-state index in [4.69, 9.17) is 9.47 Å². The number of carbonyl (C=O) groups excluding carboxylic acids is 2. The van der Waals surface area contributed by atoms with Crippen molar-refractivity contribution in [3.63, 3.8) is 0 Å². The third-order valence-corrected chi connectivity index (χ3v) is 3.21. The highest BCUT2D eigenvalue weighted by Crippen LogP contribution is 2.17. The van der Waals surface area contributed by atoms with Crippen LogP contribution in [-0.2, 0) is 11.2 Å². The van der Waals surface area contributed by atoms with Gasteiger partial charge in [-0.05, 0) is 30.3 Å². The average molecular weight is 314 g/mol. The number of hydrogen-bond donors (Lipinski definition) is 2. The topological polar surface area (TPSA) is 76.7 Å². The SMILES string of the molecule is COc1ccc(C(=O)NNC(=O)Cc2ccccc2OC)cc1. The van der Waals surface area contributed by atoms with Crippen molar-refractivity contribution in [2.24, 2.45) is 0 Å². The minimum Gasteiger partial charge on any atom is -0.497 e. The normalized spacial score (nSPS) is 9.83. The van der Waals surface area contributed by atoms with E-state index in [0.29, 0.717) is 17.1 Å². The van der Waals surface area contributed by atoms with E-state index in [1.807, 2.05) is 12.1 Å². The van der Waals surface area contributed by atoms with E-state index in [9.17, 15) is 9.59 Å². The Morgan fingerprint density at radius 1 is 0.913 bits per heavy atom. The molecule has 0 aliphatic rings. The molecule has 6 nitrogen and oxygen atoms in total. The standard InChI is InChI=1S/C17H18N2O4/c1-22-14-9-7-12(8-10-14)17(21)19-18-16(20)11-13-5-3-4-6-15(13)23-2/h3-10H,11H2,1-2H3,(H,18,20)(H,19,21). The van der Waals surface area contributed by atoms with Gasteiger partial charge in [0.05, 0.1) is 20.6 Å². The van der Waals surface area contributed by atoms with Gasteiger partial charge in [0.1, 0.15) is 11.5 Å². The molecule has 0 aliphatic carbocycles. The summed E-state index contributed by atoms with van der Waals surface area (Å²) in [6, 6.07) is 13.8. The summed E-state index contributed by atoms with van der Waals surface area (Å²) in [6.45, 7) is 0. The summed E-state index contributed by atoms with van der Waals surface area (Å²) >= 11 is 0. The molecule has 0 saturated carbocycles. The number of para-hydroxylation sites is 1. The van der Waals surface area contributed by atoms with E-state index >= 15 is 0 Å². The lowest BCUT2D eigenvalue weighted by Crippen LogP contribution is -2.42. The van der Waals surface area contributed by atoms with Gasteiger partial charge in [-0.25, -0.2) is 0 Å². The first-order valence-corrected chi connectivity index (χ1v) is 6.99. The number of carbonyl (C=O) groups is 2. The summed E-state index contributed by atoms with van der Waals surface area (Å²) in [4.78, 5) is 23.8. The van der Waals surface area contributed by atoms with Crippen LogP contribution in [0.15, 0.2) is 48.5 Å². The van der Waals surface area contributed by atoms with Gasteiger partial charge in [-0.1, -0.05) is 18.2 Å².